The number of piperidine rings is 2. The molecule has 0 spiro atoms. The molecular weight excluding hydrogens is 278 g/mol. The third-order valence-electron chi connectivity index (χ3n) is 5.24. The van der Waals surface area contributed by atoms with E-state index in [1.54, 1.807) is 6.33 Å². The number of aromatic amines is 1. The standard InChI is InChI=1S/C16H27N5O/c1-12(2)20-7-5-14(6-8-20)16(22)21-9-3-13(4-10-21)15-17-11-18-19-15/h11-14H,3-10H2,1-2H3,(H,17,18,19). The summed E-state index contributed by atoms with van der Waals surface area (Å²) in [7, 11) is 0. The van der Waals surface area contributed by atoms with Crippen LogP contribution in [-0.4, -0.2) is 63.1 Å². The molecule has 0 aliphatic carbocycles. The lowest BCUT2D eigenvalue weighted by Crippen LogP contribution is -2.46. The summed E-state index contributed by atoms with van der Waals surface area (Å²) in [5.74, 6) is 2.00. The van der Waals surface area contributed by atoms with E-state index in [0.29, 0.717) is 17.9 Å². The van der Waals surface area contributed by atoms with Crippen LogP contribution in [0, 0.1) is 5.92 Å². The quantitative estimate of drug-likeness (QED) is 0.922. The van der Waals surface area contributed by atoms with Gasteiger partial charge in [-0.15, -0.1) is 0 Å². The summed E-state index contributed by atoms with van der Waals surface area (Å²) < 4.78 is 0. The van der Waals surface area contributed by atoms with Crippen molar-refractivity contribution in [2.75, 3.05) is 26.2 Å². The fraction of sp³-hybridized carbons (Fsp3) is 0.812. The lowest BCUT2D eigenvalue weighted by molar-refractivity contribution is -0.138. The molecule has 1 aromatic heterocycles. The average molecular weight is 305 g/mol. The number of carbonyl (C=O) groups is 1. The van der Waals surface area contributed by atoms with E-state index in [4.69, 9.17) is 0 Å². The first-order valence-electron chi connectivity index (χ1n) is 8.53. The summed E-state index contributed by atoms with van der Waals surface area (Å²) in [5.41, 5.74) is 0. The molecule has 22 heavy (non-hydrogen) atoms. The molecule has 0 atom stereocenters. The van der Waals surface area contributed by atoms with Crippen molar-refractivity contribution in [2.45, 2.75) is 51.5 Å². The van der Waals surface area contributed by atoms with Crippen LogP contribution < -0.4 is 0 Å². The van der Waals surface area contributed by atoms with Crippen molar-refractivity contribution < 1.29 is 4.79 Å². The van der Waals surface area contributed by atoms with Crippen LogP contribution in [0.25, 0.3) is 0 Å². The Labute approximate surface area is 132 Å². The number of aromatic nitrogens is 3. The molecule has 6 heteroatoms. The minimum atomic E-state index is 0.233. The highest BCUT2D eigenvalue weighted by molar-refractivity contribution is 5.79. The van der Waals surface area contributed by atoms with Crippen molar-refractivity contribution in [1.29, 1.82) is 0 Å². The number of carbonyl (C=O) groups excluding carboxylic acids is 1. The minimum absolute atomic E-state index is 0.233. The van der Waals surface area contributed by atoms with E-state index >= 15 is 0 Å². The monoisotopic (exact) mass is 305 g/mol. The van der Waals surface area contributed by atoms with Crippen molar-refractivity contribution in [3.8, 4) is 0 Å². The zero-order valence-corrected chi connectivity index (χ0v) is 13.7. The molecule has 2 saturated heterocycles. The Morgan fingerprint density at radius 1 is 1.18 bits per heavy atom. The lowest BCUT2D eigenvalue weighted by Gasteiger charge is -2.38. The second-order valence-electron chi connectivity index (χ2n) is 6.87. The van der Waals surface area contributed by atoms with Crippen LogP contribution in [0.4, 0.5) is 0 Å². The fourth-order valence-electron chi connectivity index (χ4n) is 3.71. The van der Waals surface area contributed by atoms with Gasteiger partial charge in [-0.3, -0.25) is 9.89 Å². The molecule has 0 aromatic carbocycles. The molecule has 2 aliphatic heterocycles. The van der Waals surface area contributed by atoms with Gasteiger partial charge in [0.2, 0.25) is 5.91 Å². The Morgan fingerprint density at radius 3 is 2.41 bits per heavy atom. The predicted molar refractivity (Wildman–Crippen MR) is 84.4 cm³/mol. The summed E-state index contributed by atoms with van der Waals surface area (Å²) in [5, 5.41) is 6.88. The van der Waals surface area contributed by atoms with Gasteiger partial charge in [0.25, 0.3) is 0 Å². The molecule has 2 aliphatic rings. The molecule has 1 N–H and O–H groups in total. The maximum absolute atomic E-state index is 12.7. The Hall–Kier alpha value is -1.43. The molecule has 1 amide bonds. The Morgan fingerprint density at radius 2 is 1.86 bits per heavy atom. The van der Waals surface area contributed by atoms with Gasteiger partial charge in [0.15, 0.2) is 0 Å². The average Bonchev–Trinajstić information content (AvgIpc) is 3.09. The van der Waals surface area contributed by atoms with Crippen molar-refractivity contribution in [1.82, 2.24) is 25.0 Å². The largest absolute Gasteiger partial charge is 0.342 e. The van der Waals surface area contributed by atoms with E-state index < -0.39 is 0 Å². The van der Waals surface area contributed by atoms with Crippen LogP contribution in [0.5, 0.6) is 0 Å². The summed E-state index contributed by atoms with van der Waals surface area (Å²) in [4.78, 5) is 21.5. The number of rotatable bonds is 3. The van der Waals surface area contributed by atoms with Gasteiger partial charge in [-0.1, -0.05) is 0 Å². The Balaban J connectivity index is 1.48. The molecule has 0 radical (unpaired) electrons. The van der Waals surface area contributed by atoms with E-state index in [9.17, 15) is 4.79 Å². The Bertz CT molecular complexity index is 471. The third kappa shape index (κ3) is 3.32. The molecule has 2 fully saturated rings. The maximum Gasteiger partial charge on any atom is 0.225 e. The van der Waals surface area contributed by atoms with Gasteiger partial charge in [0.1, 0.15) is 12.2 Å². The first-order chi connectivity index (χ1) is 10.6. The van der Waals surface area contributed by atoms with Crippen molar-refractivity contribution in [3.63, 3.8) is 0 Å². The molecule has 3 heterocycles. The number of nitrogens with zero attached hydrogens (tertiary/aromatic N) is 4. The van der Waals surface area contributed by atoms with Crippen LogP contribution in [0.3, 0.4) is 0 Å². The Kier molecular flexibility index (Phi) is 4.76. The molecule has 122 valence electrons. The summed E-state index contributed by atoms with van der Waals surface area (Å²) in [6.45, 7) is 8.29. The van der Waals surface area contributed by atoms with E-state index in [1.165, 1.54) is 0 Å². The zero-order chi connectivity index (χ0) is 15.5. The highest BCUT2D eigenvalue weighted by Gasteiger charge is 2.32. The van der Waals surface area contributed by atoms with Gasteiger partial charge in [0.05, 0.1) is 0 Å². The van der Waals surface area contributed by atoms with E-state index in [-0.39, 0.29) is 5.92 Å². The molecule has 0 bridgehead atoms. The fourth-order valence-corrected chi connectivity index (χ4v) is 3.71. The van der Waals surface area contributed by atoms with Crippen LogP contribution >= 0.6 is 0 Å². The highest BCUT2D eigenvalue weighted by atomic mass is 16.2. The molecule has 0 unspecified atom stereocenters. The van der Waals surface area contributed by atoms with Crippen LogP contribution in [0.2, 0.25) is 0 Å². The normalized spacial score (nSPS) is 22.4. The molecule has 3 rings (SSSR count). The number of nitrogens with one attached hydrogen (secondary N) is 1. The second-order valence-corrected chi connectivity index (χ2v) is 6.87. The SMILES string of the molecule is CC(C)N1CCC(C(=O)N2CCC(c3ncn[nH]3)CC2)CC1. The number of hydrogen-bond donors (Lipinski definition) is 1. The van der Waals surface area contributed by atoms with Crippen molar-refractivity contribution >= 4 is 5.91 Å². The maximum atomic E-state index is 12.7. The van der Waals surface area contributed by atoms with E-state index in [1.807, 2.05) is 0 Å². The number of hydrogen-bond acceptors (Lipinski definition) is 4. The first kappa shape index (κ1) is 15.5. The number of amides is 1. The number of H-pyrrole nitrogens is 1. The zero-order valence-electron chi connectivity index (χ0n) is 13.7. The minimum Gasteiger partial charge on any atom is -0.342 e. The van der Waals surface area contributed by atoms with Gasteiger partial charge in [-0.25, -0.2) is 4.98 Å². The van der Waals surface area contributed by atoms with Gasteiger partial charge in [-0.2, -0.15) is 5.10 Å². The third-order valence-corrected chi connectivity index (χ3v) is 5.24. The van der Waals surface area contributed by atoms with Crippen molar-refractivity contribution in [3.05, 3.63) is 12.2 Å². The van der Waals surface area contributed by atoms with Crippen LogP contribution in [-0.2, 0) is 4.79 Å². The van der Waals surface area contributed by atoms with Gasteiger partial charge < -0.3 is 9.80 Å². The molecular formula is C16H27N5O. The summed E-state index contributed by atoms with van der Waals surface area (Å²) >= 11 is 0. The van der Waals surface area contributed by atoms with Crippen LogP contribution in [0.1, 0.15) is 51.3 Å². The van der Waals surface area contributed by atoms with E-state index in [2.05, 4.69) is 38.8 Å². The lowest BCUT2D eigenvalue weighted by atomic mass is 9.91. The molecule has 0 saturated carbocycles. The number of likely N-dealkylation sites (tertiary alicyclic amines) is 2. The van der Waals surface area contributed by atoms with Gasteiger partial charge >= 0.3 is 0 Å². The summed E-state index contributed by atoms with van der Waals surface area (Å²) in [6, 6.07) is 0.591. The topological polar surface area (TPSA) is 65.1 Å². The van der Waals surface area contributed by atoms with Gasteiger partial charge in [0, 0.05) is 31.0 Å². The summed E-state index contributed by atoms with van der Waals surface area (Å²) in [6.07, 6.45) is 5.57. The molecule has 1 aromatic rings. The van der Waals surface area contributed by atoms with Crippen LogP contribution in [0.15, 0.2) is 6.33 Å². The molecule has 6 nitrogen and oxygen atoms in total. The first-order valence-corrected chi connectivity index (χ1v) is 8.53. The van der Waals surface area contributed by atoms with E-state index in [0.717, 1.165) is 57.7 Å². The van der Waals surface area contributed by atoms with Crippen molar-refractivity contribution in [2.24, 2.45) is 5.92 Å². The highest BCUT2D eigenvalue weighted by Crippen LogP contribution is 2.28. The smallest absolute Gasteiger partial charge is 0.225 e. The van der Waals surface area contributed by atoms with Gasteiger partial charge in [-0.05, 0) is 52.6 Å². The predicted octanol–water partition coefficient (Wildman–Crippen LogP) is 1.63. The second kappa shape index (κ2) is 6.77.